The molecule has 0 spiro atoms. The van der Waals surface area contributed by atoms with Crippen LogP contribution in [0.25, 0.3) is 0 Å². The largest absolute Gasteiger partial charge is 0.303 e. The summed E-state index contributed by atoms with van der Waals surface area (Å²) in [5.74, 6) is 0.549. The highest BCUT2D eigenvalue weighted by atomic mass is 35.5. The number of alkyl halides is 1. The molecule has 10 heavy (non-hydrogen) atoms. The van der Waals surface area contributed by atoms with Crippen molar-refractivity contribution in [2.24, 2.45) is 0 Å². The van der Waals surface area contributed by atoms with E-state index in [0.717, 1.165) is 0 Å². The Kier molecular flexibility index (Phi) is 2.45. The van der Waals surface area contributed by atoms with Gasteiger partial charge in [0.05, 0.1) is 0 Å². The molecule has 3 nitrogen and oxygen atoms in total. The molecule has 1 rings (SSSR count). The molecule has 0 bridgehead atoms. The van der Waals surface area contributed by atoms with Crippen LogP contribution in [0.4, 0.5) is 0 Å². The average molecular weight is 178 g/mol. The first-order chi connectivity index (χ1) is 4.75. The Morgan fingerprint density at radius 2 is 2.70 bits per heavy atom. The standard InChI is InChI=1S/C5H8ClN3S/c1-4(2-6)9-3-7-8-5(9)10/h3-4H,2H2,1H3,(H,8,10). The number of halogens is 1. The highest BCUT2D eigenvalue weighted by Gasteiger charge is 2.02. The highest BCUT2D eigenvalue weighted by molar-refractivity contribution is 7.71. The number of rotatable bonds is 2. The predicted molar refractivity (Wildman–Crippen MR) is 42.8 cm³/mol. The van der Waals surface area contributed by atoms with Crippen LogP contribution in [0.1, 0.15) is 13.0 Å². The molecule has 1 N–H and O–H groups in total. The lowest BCUT2D eigenvalue weighted by Crippen LogP contribution is -2.04. The van der Waals surface area contributed by atoms with Gasteiger partial charge in [0.2, 0.25) is 0 Å². The van der Waals surface area contributed by atoms with Gasteiger partial charge in [-0.05, 0) is 19.1 Å². The van der Waals surface area contributed by atoms with E-state index >= 15 is 0 Å². The Morgan fingerprint density at radius 1 is 2.00 bits per heavy atom. The minimum Gasteiger partial charge on any atom is -0.303 e. The zero-order valence-corrected chi connectivity index (χ0v) is 7.11. The van der Waals surface area contributed by atoms with Gasteiger partial charge in [-0.25, -0.2) is 0 Å². The van der Waals surface area contributed by atoms with Gasteiger partial charge in [-0.3, -0.25) is 5.10 Å². The fourth-order valence-corrected chi connectivity index (χ4v) is 1.07. The van der Waals surface area contributed by atoms with Gasteiger partial charge in [-0.1, -0.05) is 0 Å². The summed E-state index contributed by atoms with van der Waals surface area (Å²) in [6.45, 7) is 1.98. The van der Waals surface area contributed by atoms with E-state index in [1.807, 2.05) is 11.5 Å². The van der Waals surface area contributed by atoms with E-state index in [-0.39, 0.29) is 6.04 Å². The molecule has 56 valence electrons. The van der Waals surface area contributed by atoms with Crippen molar-refractivity contribution in [1.29, 1.82) is 0 Å². The fraction of sp³-hybridized carbons (Fsp3) is 0.600. The molecule has 1 aromatic rings. The van der Waals surface area contributed by atoms with Crippen LogP contribution in [0.15, 0.2) is 6.33 Å². The summed E-state index contributed by atoms with van der Waals surface area (Å²) in [6.07, 6.45) is 1.65. The van der Waals surface area contributed by atoms with Crippen LogP contribution in [-0.2, 0) is 0 Å². The fourth-order valence-electron chi connectivity index (χ4n) is 0.645. The van der Waals surface area contributed by atoms with Crippen molar-refractivity contribution in [2.75, 3.05) is 5.88 Å². The summed E-state index contributed by atoms with van der Waals surface area (Å²) >= 11 is 10.5. The maximum atomic E-state index is 5.61. The molecule has 0 amide bonds. The molecule has 0 aliphatic carbocycles. The second-order valence-electron chi connectivity index (χ2n) is 2.07. The summed E-state index contributed by atoms with van der Waals surface area (Å²) in [5.41, 5.74) is 0. The first-order valence-corrected chi connectivity index (χ1v) is 3.87. The monoisotopic (exact) mass is 177 g/mol. The molecular formula is C5H8ClN3S. The predicted octanol–water partition coefficient (Wildman–Crippen LogP) is 1.74. The van der Waals surface area contributed by atoms with E-state index in [1.165, 1.54) is 0 Å². The summed E-state index contributed by atoms with van der Waals surface area (Å²) in [4.78, 5) is 0. The van der Waals surface area contributed by atoms with Gasteiger partial charge >= 0.3 is 0 Å². The van der Waals surface area contributed by atoms with Crippen molar-refractivity contribution in [1.82, 2.24) is 14.8 Å². The summed E-state index contributed by atoms with van der Waals surface area (Å²) in [6, 6.07) is 0.216. The van der Waals surface area contributed by atoms with Crippen LogP contribution in [0.2, 0.25) is 0 Å². The Balaban J connectivity index is 2.93. The van der Waals surface area contributed by atoms with Crippen LogP contribution >= 0.6 is 23.8 Å². The van der Waals surface area contributed by atoms with E-state index < -0.39 is 0 Å². The van der Waals surface area contributed by atoms with Crippen LogP contribution in [0.5, 0.6) is 0 Å². The lowest BCUT2D eigenvalue weighted by molar-refractivity contribution is 0.596. The van der Waals surface area contributed by atoms with Gasteiger partial charge in [-0.2, -0.15) is 5.10 Å². The normalized spacial score (nSPS) is 13.4. The molecule has 0 saturated heterocycles. The molecular weight excluding hydrogens is 170 g/mol. The smallest absolute Gasteiger partial charge is 0.195 e. The van der Waals surface area contributed by atoms with Crippen molar-refractivity contribution in [2.45, 2.75) is 13.0 Å². The average Bonchev–Trinajstić information content (AvgIpc) is 2.34. The van der Waals surface area contributed by atoms with Crippen LogP contribution in [0, 0.1) is 4.77 Å². The van der Waals surface area contributed by atoms with E-state index in [2.05, 4.69) is 10.2 Å². The van der Waals surface area contributed by atoms with Crippen molar-refractivity contribution in [3.63, 3.8) is 0 Å². The Morgan fingerprint density at radius 3 is 3.10 bits per heavy atom. The molecule has 0 aliphatic heterocycles. The topological polar surface area (TPSA) is 33.6 Å². The molecule has 1 heterocycles. The Bertz CT molecular complexity index is 253. The number of nitrogens with one attached hydrogen (secondary N) is 1. The molecule has 0 aliphatic rings. The Labute approximate surface area is 69.0 Å². The van der Waals surface area contributed by atoms with Gasteiger partial charge in [-0.15, -0.1) is 11.6 Å². The molecule has 1 aromatic heterocycles. The lowest BCUT2D eigenvalue weighted by Gasteiger charge is -2.05. The third kappa shape index (κ3) is 1.38. The van der Waals surface area contributed by atoms with E-state index in [4.69, 9.17) is 23.8 Å². The molecule has 0 fully saturated rings. The molecule has 0 radical (unpaired) electrons. The maximum absolute atomic E-state index is 5.61. The summed E-state index contributed by atoms with van der Waals surface area (Å²) in [7, 11) is 0. The lowest BCUT2D eigenvalue weighted by atomic mass is 10.4. The second kappa shape index (κ2) is 3.16. The number of hydrogen-bond donors (Lipinski definition) is 1. The number of aromatic amines is 1. The van der Waals surface area contributed by atoms with Crippen molar-refractivity contribution in [3.8, 4) is 0 Å². The summed E-state index contributed by atoms with van der Waals surface area (Å²) in [5, 5.41) is 6.42. The minimum atomic E-state index is 0.216. The first kappa shape index (κ1) is 7.75. The first-order valence-electron chi connectivity index (χ1n) is 2.93. The molecule has 0 aromatic carbocycles. The van der Waals surface area contributed by atoms with Gasteiger partial charge < -0.3 is 4.57 Å². The quantitative estimate of drug-likeness (QED) is 0.552. The highest BCUT2D eigenvalue weighted by Crippen LogP contribution is 2.05. The van der Waals surface area contributed by atoms with Crippen molar-refractivity contribution >= 4 is 23.8 Å². The Hall–Kier alpha value is -0.350. The zero-order valence-electron chi connectivity index (χ0n) is 5.54. The van der Waals surface area contributed by atoms with Crippen molar-refractivity contribution in [3.05, 3.63) is 11.1 Å². The number of nitrogens with zero attached hydrogens (tertiary/aromatic N) is 2. The maximum Gasteiger partial charge on any atom is 0.195 e. The zero-order chi connectivity index (χ0) is 7.56. The summed E-state index contributed by atoms with van der Waals surface area (Å²) < 4.78 is 2.44. The van der Waals surface area contributed by atoms with Crippen LogP contribution in [0.3, 0.4) is 0 Å². The van der Waals surface area contributed by atoms with E-state index in [0.29, 0.717) is 10.7 Å². The van der Waals surface area contributed by atoms with Crippen LogP contribution < -0.4 is 0 Å². The SMILES string of the molecule is CC(CCl)n1cn[nH]c1=S. The number of H-pyrrole nitrogens is 1. The third-order valence-corrected chi connectivity index (χ3v) is 2.02. The molecule has 1 unspecified atom stereocenters. The number of aromatic nitrogens is 3. The van der Waals surface area contributed by atoms with Gasteiger partial charge in [0.15, 0.2) is 4.77 Å². The van der Waals surface area contributed by atoms with Gasteiger partial charge in [0.1, 0.15) is 6.33 Å². The van der Waals surface area contributed by atoms with E-state index in [1.54, 1.807) is 6.33 Å². The van der Waals surface area contributed by atoms with Gasteiger partial charge in [0, 0.05) is 11.9 Å². The molecule has 0 saturated carbocycles. The third-order valence-electron chi connectivity index (χ3n) is 1.28. The molecule has 1 atom stereocenters. The number of hydrogen-bond acceptors (Lipinski definition) is 2. The van der Waals surface area contributed by atoms with Crippen LogP contribution in [-0.4, -0.2) is 20.6 Å². The molecule has 5 heteroatoms. The minimum absolute atomic E-state index is 0.216. The van der Waals surface area contributed by atoms with Crippen molar-refractivity contribution < 1.29 is 0 Å². The second-order valence-corrected chi connectivity index (χ2v) is 2.77. The van der Waals surface area contributed by atoms with Gasteiger partial charge in [0.25, 0.3) is 0 Å². The van der Waals surface area contributed by atoms with E-state index in [9.17, 15) is 0 Å².